The molecule has 3 aromatic rings. The molecule has 0 aliphatic carbocycles. The summed E-state index contributed by atoms with van der Waals surface area (Å²) >= 11 is 0. The summed E-state index contributed by atoms with van der Waals surface area (Å²) in [6, 6.07) is 7.39. The van der Waals surface area contributed by atoms with E-state index in [0.29, 0.717) is 17.1 Å². The maximum absolute atomic E-state index is 12.7. The number of phenols is 2. The molecule has 25 heavy (non-hydrogen) atoms. The van der Waals surface area contributed by atoms with Crippen LogP contribution in [0.2, 0.25) is 0 Å². The molecular weight excluding hydrogens is 328 g/mol. The highest BCUT2D eigenvalue weighted by molar-refractivity contribution is 5.89. The summed E-state index contributed by atoms with van der Waals surface area (Å²) in [5.41, 5.74) is -0.121. The standard InChI is InChI=1S/C18H16O7/c1-22-12-6-4-5-10(16(12)23-2)17-18(24-3)15(21)14-11(20)7-9(19)8-13(14)25-17/h4-8,19-20H,1-3H3. The number of benzene rings is 2. The molecular formula is C18H16O7. The third kappa shape index (κ3) is 2.59. The first kappa shape index (κ1) is 16.5. The van der Waals surface area contributed by atoms with Crippen molar-refractivity contribution in [2.45, 2.75) is 0 Å². The van der Waals surface area contributed by atoms with Crippen LogP contribution in [0.3, 0.4) is 0 Å². The Balaban J connectivity index is 2.44. The lowest BCUT2D eigenvalue weighted by molar-refractivity contribution is 0.354. The zero-order valence-corrected chi connectivity index (χ0v) is 13.8. The Morgan fingerprint density at radius 3 is 2.32 bits per heavy atom. The number of hydrogen-bond acceptors (Lipinski definition) is 7. The maximum atomic E-state index is 12.7. The molecule has 1 heterocycles. The number of fused-ring (bicyclic) bond motifs is 1. The molecule has 0 fully saturated rings. The van der Waals surface area contributed by atoms with Gasteiger partial charge in [-0.15, -0.1) is 0 Å². The summed E-state index contributed by atoms with van der Waals surface area (Å²) in [5, 5.41) is 19.6. The molecule has 7 nitrogen and oxygen atoms in total. The largest absolute Gasteiger partial charge is 0.508 e. The molecule has 0 saturated heterocycles. The molecule has 2 aromatic carbocycles. The minimum atomic E-state index is -0.568. The fourth-order valence-corrected chi connectivity index (χ4v) is 2.70. The predicted molar refractivity (Wildman–Crippen MR) is 90.9 cm³/mol. The predicted octanol–water partition coefficient (Wildman–Crippen LogP) is 2.90. The van der Waals surface area contributed by atoms with Crippen molar-refractivity contribution in [1.82, 2.24) is 0 Å². The fraction of sp³-hybridized carbons (Fsp3) is 0.167. The number of rotatable bonds is 4. The van der Waals surface area contributed by atoms with Crippen LogP contribution in [0.5, 0.6) is 28.7 Å². The van der Waals surface area contributed by atoms with Crippen LogP contribution in [0, 0.1) is 0 Å². The second-order valence-corrected chi connectivity index (χ2v) is 5.17. The third-order valence-electron chi connectivity index (χ3n) is 3.77. The zero-order chi connectivity index (χ0) is 18.1. The van der Waals surface area contributed by atoms with Gasteiger partial charge in [0.05, 0.1) is 26.9 Å². The second-order valence-electron chi connectivity index (χ2n) is 5.17. The van der Waals surface area contributed by atoms with Gasteiger partial charge in [-0.3, -0.25) is 4.79 Å². The SMILES string of the molecule is COc1cccc(-c2oc3cc(O)cc(O)c3c(=O)c2OC)c1OC. The Hall–Kier alpha value is -3.35. The van der Waals surface area contributed by atoms with Gasteiger partial charge in [0.25, 0.3) is 0 Å². The van der Waals surface area contributed by atoms with E-state index in [1.54, 1.807) is 18.2 Å². The minimum absolute atomic E-state index is 0.0168. The lowest BCUT2D eigenvalue weighted by Crippen LogP contribution is -2.08. The Bertz CT molecular complexity index is 1000. The summed E-state index contributed by atoms with van der Waals surface area (Å²) < 4.78 is 21.6. The summed E-state index contributed by atoms with van der Waals surface area (Å²) in [6.07, 6.45) is 0. The van der Waals surface area contributed by atoms with Gasteiger partial charge in [0.2, 0.25) is 11.2 Å². The van der Waals surface area contributed by atoms with Crippen LogP contribution in [-0.4, -0.2) is 31.5 Å². The molecule has 0 spiro atoms. The molecule has 7 heteroatoms. The smallest absolute Gasteiger partial charge is 0.239 e. The van der Waals surface area contributed by atoms with E-state index in [2.05, 4.69) is 0 Å². The Kier molecular flexibility index (Phi) is 4.14. The Morgan fingerprint density at radius 2 is 1.68 bits per heavy atom. The number of para-hydroxylation sites is 1. The number of ether oxygens (including phenoxy) is 3. The zero-order valence-electron chi connectivity index (χ0n) is 13.8. The highest BCUT2D eigenvalue weighted by Crippen LogP contribution is 2.42. The van der Waals surface area contributed by atoms with Gasteiger partial charge in [-0.25, -0.2) is 0 Å². The molecule has 0 radical (unpaired) electrons. The van der Waals surface area contributed by atoms with Crippen molar-refractivity contribution in [2.75, 3.05) is 21.3 Å². The van der Waals surface area contributed by atoms with Crippen LogP contribution >= 0.6 is 0 Å². The number of phenolic OH excluding ortho intramolecular Hbond substituents is 2. The monoisotopic (exact) mass is 344 g/mol. The highest BCUT2D eigenvalue weighted by Gasteiger charge is 2.23. The van der Waals surface area contributed by atoms with E-state index in [1.165, 1.54) is 27.4 Å². The van der Waals surface area contributed by atoms with E-state index in [-0.39, 0.29) is 28.2 Å². The van der Waals surface area contributed by atoms with Gasteiger partial charge >= 0.3 is 0 Å². The first-order valence-electron chi connectivity index (χ1n) is 7.30. The van der Waals surface area contributed by atoms with Crippen LogP contribution < -0.4 is 19.6 Å². The first-order valence-corrected chi connectivity index (χ1v) is 7.30. The van der Waals surface area contributed by atoms with Gasteiger partial charge in [-0.05, 0) is 12.1 Å². The van der Waals surface area contributed by atoms with Gasteiger partial charge in [0.1, 0.15) is 22.5 Å². The quantitative estimate of drug-likeness (QED) is 0.751. The molecule has 1 aromatic heterocycles. The molecule has 0 unspecified atom stereocenters. The number of aromatic hydroxyl groups is 2. The van der Waals surface area contributed by atoms with E-state index < -0.39 is 11.2 Å². The van der Waals surface area contributed by atoms with Crippen LogP contribution in [0.1, 0.15) is 0 Å². The van der Waals surface area contributed by atoms with Crippen molar-refractivity contribution in [3.05, 3.63) is 40.6 Å². The van der Waals surface area contributed by atoms with Crippen LogP contribution in [-0.2, 0) is 0 Å². The molecule has 2 N–H and O–H groups in total. The van der Waals surface area contributed by atoms with E-state index in [4.69, 9.17) is 18.6 Å². The molecule has 0 saturated carbocycles. The van der Waals surface area contributed by atoms with Crippen molar-refractivity contribution in [3.63, 3.8) is 0 Å². The van der Waals surface area contributed by atoms with Crippen molar-refractivity contribution >= 4 is 11.0 Å². The third-order valence-corrected chi connectivity index (χ3v) is 3.77. The normalized spacial score (nSPS) is 10.7. The maximum Gasteiger partial charge on any atom is 0.239 e. The summed E-state index contributed by atoms with van der Waals surface area (Å²) in [6.45, 7) is 0. The van der Waals surface area contributed by atoms with Gasteiger partial charge in [-0.2, -0.15) is 0 Å². The van der Waals surface area contributed by atoms with Gasteiger partial charge in [0.15, 0.2) is 17.3 Å². The van der Waals surface area contributed by atoms with Crippen molar-refractivity contribution < 1.29 is 28.8 Å². The summed E-state index contributed by atoms with van der Waals surface area (Å²) in [7, 11) is 4.28. The highest BCUT2D eigenvalue weighted by atomic mass is 16.5. The van der Waals surface area contributed by atoms with E-state index in [1.807, 2.05) is 0 Å². The summed E-state index contributed by atoms with van der Waals surface area (Å²) in [4.78, 5) is 12.7. The van der Waals surface area contributed by atoms with Gasteiger partial charge in [0, 0.05) is 12.1 Å². The number of methoxy groups -OCH3 is 3. The molecule has 0 atom stereocenters. The topological polar surface area (TPSA) is 98.4 Å². The fourth-order valence-electron chi connectivity index (χ4n) is 2.70. The molecule has 0 amide bonds. The lowest BCUT2D eigenvalue weighted by atomic mass is 10.1. The van der Waals surface area contributed by atoms with Crippen LogP contribution in [0.4, 0.5) is 0 Å². The average Bonchev–Trinajstić information content (AvgIpc) is 2.59. The summed E-state index contributed by atoms with van der Waals surface area (Å²) in [5.74, 6) is 0.174. The van der Waals surface area contributed by atoms with Crippen molar-refractivity contribution in [1.29, 1.82) is 0 Å². The second kappa shape index (κ2) is 6.27. The lowest BCUT2D eigenvalue weighted by Gasteiger charge is -2.14. The van der Waals surface area contributed by atoms with E-state index in [0.717, 1.165) is 6.07 Å². The Labute approximate surface area is 142 Å². The Morgan fingerprint density at radius 1 is 0.960 bits per heavy atom. The molecule has 130 valence electrons. The minimum Gasteiger partial charge on any atom is -0.508 e. The molecule has 0 aliphatic rings. The van der Waals surface area contributed by atoms with E-state index >= 15 is 0 Å². The molecule has 3 rings (SSSR count). The van der Waals surface area contributed by atoms with Gasteiger partial charge < -0.3 is 28.8 Å². The van der Waals surface area contributed by atoms with E-state index in [9.17, 15) is 15.0 Å². The van der Waals surface area contributed by atoms with Crippen LogP contribution in [0.15, 0.2) is 39.5 Å². The van der Waals surface area contributed by atoms with Crippen molar-refractivity contribution in [3.8, 4) is 40.1 Å². The van der Waals surface area contributed by atoms with Crippen LogP contribution in [0.25, 0.3) is 22.3 Å². The average molecular weight is 344 g/mol. The molecule has 0 bridgehead atoms. The molecule has 0 aliphatic heterocycles. The van der Waals surface area contributed by atoms with Crippen molar-refractivity contribution in [2.24, 2.45) is 0 Å². The number of hydrogen-bond donors (Lipinski definition) is 2. The first-order chi connectivity index (χ1) is 12.0. The van der Waals surface area contributed by atoms with Gasteiger partial charge in [-0.1, -0.05) is 6.07 Å².